The number of ether oxygens (including phenoxy) is 1. The highest BCUT2D eigenvalue weighted by atomic mass is 16.5. The van der Waals surface area contributed by atoms with E-state index in [1.54, 1.807) is 21.0 Å². The highest BCUT2D eigenvalue weighted by Crippen LogP contribution is 2.16. The van der Waals surface area contributed by atoms with Gasteiger partial charge < -0.3 is 15.2 Å². The lowest BCUT2D eigenvalue weighted by Gasteiger charge is -2.28. The topological polar surface area (TPSA) is 75.6 Å². The molecular formula is C12H23NO4. The van der Waals surface area contributed by atoms with Crippen LogP contribution in [0.2, 0.25) is 0 Å². The summed E-state index contributed by atoms with van der Waals surface area (Å²) in [6.07, 6.45) is 1.04. The lowest BCUT2D eigenvalue weighted by molar-refractivity contribution is -0.148. The second-order valence-corrected chi connectivity index (χ2v) is 4.41. The highest BCUT2D eigenvalue weighted by molar-refractivity contribution is 5.87. The quantitative estimate of drug-likeness (QED) is 0.678. The highest BCUT2D eigenvalue weighted by Gasteiger charge is 2.36. The zero-order valence-corrected chi connectivity index (χ0v) is 11.1. The van der Waals surface area contributed by atoms with Gasteiger partial charge in [0.15, 0.2) is 0 Å². The molecule has 0 aliphatic carbocycles. The van der Waals surface area contributed by atoms with Crippen LogP contribution >= 0.6 is 0 Å². The molecule has 1 unspecified atom stereocenters. The summed E-state index contributed by atoms with van der Waals surface area (Å²) in [6, 6.07) is 0. The van der Waals surface area contributed by atoms with Crippen molar-refractivity contribution in [3.63, 3.8) is 0 Å². The molecule has 0 aromatic heterocycles. The third-order valence-electron chi connectivity index (χ3n) is 2.98. The number of carbonyl (C=O) groups excluding carboxylic acids is 1. The van der Waals surface area contributed by atoms with E-state index in [0.717, 1.165) is 0 Å². The van der Waals surface area contributed by atoms with Crippen LogP contribution in [0.15, 0.2) is 0 Å². The number of carbonyl (C=O) groups is 2. The summed E-state index contributed by atoms with van der Waals surface area (Å²) in [7, 11) is 1.58. The summed E-state index contributed by atoms with van der Waals surface area (Å²) in [5, 5.41) is 11.8. The molecular weight excluding hydrogens is 222 g/mol. The van der Waals surface area contributed by atoms with Gasteiger partial charge in [0.2, 0.25) is 5.91 Å². The Bertz CT molecular complexity index is 261. The van der Waals surface area contributed by atoms with Crippen LogP contribution in [-0.2, 0) is 14.3 Å². The van der Waals surface area contributed by atoms with E-state index in [1.807, 2.05) is 6.92 Å². The molecule has 0 aliphatic rings. The van der Waals surface area contributed by atoms with Crippen molar-refractivity contribution >= 4 is 11.9 Å². The van der Waals surface area contributed by atoms with Crippen LogP contribution in [-0.4, -0.2) is 36.2 Å². The summed E-state index contributed by atoms with van der Waals surface area (Å²) >= 11 is 0. The number of carboxylic acids is 1. The predicted octanol–water partition coefficient (Wildman–Crippen LogP) is 1.42. The zero-order chi connectivity index (χ0) is 13.5. The van der Waals surface area contributed by atoms with Crippen molar-refractivity contribution in [3.8, 4) is 0 Å². The summed E-state index contributed by atoms with van der Waals surface area (Å²) < 4.78 is 4.94. The van der Waals surface area contributed by atoms with E-state index < -0.39 is 11.5 Å². The van der Waals surface area contributed by atoms with Crippen molar-refractivity contribution in [1.29, 1.82) is 0 Å². The third-order valence-corrected chi connectivity index (χ3v) is 2.98. The average molecular weight is 245 g/mol. The van der Waals surface area contributed by atoms with E-state index in [1.165, 1.54) is 0 Å². The van der Waals surface area contributed by atoms with Crippen molar-refractivity contribution in [2.45, 2.75) is 45.6 Å². The minimum atomic E-state index is -1.14. The van der Waals surface area contributed by atoms with Crippen molar-refractivity contribution in [1.82, 2.24) is 5.32 Å². The molecule has 1 amide bonds. The molecule has 0 fully saturated rings. The molecule has 0 saturated heterocycles. The summed E-state index contributed by atoms with van der Waals surface area (Å²) in [5.41, 5.74) is -1.14. The molecule has 0 radical (unpaired) electrons. The van der Waals surface area contributed by atoms with Crippen LogP contribution in [0.3, 0.4) is 0 Å². The molecule has 0 saturated carbocycles. The molecule has 1 atom stereocenters. The van der Waals surface area contributed by atoms with Crippen molar-refractivity contribution in [3.05, 3.63) is 0 Å². The second-order valence-electron chi connectivity index (χ2n) is 4.41. The van der Waals surface area contributed by atoms with Crippen LogP contribution < -0.4 is 5.32 Å². The first-order valence-corrected chi connectivity index (χ1v) is 5.95. The van der Waals surface area contributed by atoms with Crippen LogP contribution in [0.1, 0.15) is 40.0 Å². The molecule has 0 heterocycles. The Balaban J connectivity index is 4.47. The van der Waals surface area contributed by atoms with Crippen molar-refractivity contribution in [2.75, 3.05) is 13.7 Å². The fourth-order valence-corrected chi connectivity index (χ4v) is 1.76. The van der Waals surface area contributed by atoms with E-state index in [0.29, 0.717) is 19.4 Å². The maximum atomic E-state index is 11.7. The largest absolute Gasteiger partial charge is 0.480 e. The Morgan fingerprint density at radius 2 is 1.88 bits per heavy atom. The maximum absolute atomic E-state index is 11.7. The number of hydrogen-bond acceptors (Lipinski definition) is 3. The SMILES string of the molecule is CCC(CC)(NC(=O)CC(C)COC)C(=O)O. The zero-order valence-electron chi connectivity index (χ0n) is 11.1. The molecule has 5 heteroatoms. The van der Waals surface area contributed by atoms with Gasteiger partial charge in [-0.3, -0.25) is 4.79 Å². The van der Waals surface area contributed by atoms with Gasteiger partial charge >= 0.3 is 5.97 Å². The van der Waals surface area contributed by atoms with Crippen molar-refractivity contribution in [2.24, 2.45) is 5.92 Å². The van der Waals surface area contributed by atoms with E-state index in [4.69, 9.17) is 4.74 Å². The first-order chi connectivity index (χ1) is 7.91. The summed E-state index contributed by atoms with van der Waals surface area (Å²) in [4.78, 5) is 22.9. The first kappa shape index (κ1) is 15.9. The normalized spacial score (nSPS) is 13.2. The van der Waals surface area contributed by atoms with Gasteiger partial charge in [-0.2, -0.15) is 0 Å². The molecule has 5 nitrogen and oxygen atoms in total. The van der Waals surface area contributed by atoms with Gasteiger partial charge in [0.05, 0.1) is 0 Å². The lowest BCUT2D eigenvalue weighted by Crippen LogP contribution is -2.54. The van der Waals surface area contributed by atoms with Gasteiger partial charge in [0, 0.05) is 20.1 Å². The molecule has 0 aliphatic heterocycles. The predicted molar refractivity (Wildman–Crippen MR) is 64.7 cm³/mol. The summed E-state index contributed by atoms with van der Waals surface area (Å²) in [6.45, 7) is 5.90. The molecule has 17 heavy (non-hydrogen) atoms. The van der Waals surface area contributed by atoms with Crippen LogP contribution in [0.25, 0.3) is 0 Å². The standard InChI is InChI=1S/C12H23NO4/c1-5-12(6-2,11(15)16)13-10(14)7-9(3)8-17-4/h9H,5-8H2,1-4H3,(H,13,14)(H,15,16). The van der Waals surface area contributed by atoms with E-state index in [9.17, 15) is 14.7 Å². The fraction of sp³-hybridized carbons (Fsp3) is 0.833. The average Bonchev–Trinajstić information content (AvgIpc) is 2.25. The van der Waals surface area contributed by atoms with Gasteiger partial charge in [-0.05, 0) is 18.8 Å². The Kier molecular flexibility index (Phi) is 6.80. The Hall–Kier alpha value is -1.10. The Morgan fingerprint density at radius 3 is 2.24 bits per heavy atom. The molecule has 2 N–H and O–H groups in total. The molecule has 0 spiro atoms. The fourth-order valence-electron chi connectivity index (χ4n) is 1.76. The van der Waals surface area contributed by atoms with E-state index in [2.05, 4.69) is 5.32 Å². The van der Waals surface area contributed by atoms with E-state index >= 15 is 0 Å². The molecule has 0 bridgehead atoms. The number of amides is 1. The van der Waals surface area contributed by atoms with Crippen LogP contribution in [0.5, 0.6) is 0 Å². The molecule has 100 valence electrons. The number of hydrogen-bond donors (Lipinski definition) is 2. The molecule has 0 aromatic carbocycles. The monoisotopic (exact) mass is 245 g/mol. The number of nitrogens with one attached hydrogen (secondary N) is 1. The number of rotatable bonds is 8. The van der Waals surface area contributed by atoms with Gasteiger partial charge in [-0.15, -0.1) is 0 Å². The number of aliphatic carboxylic acids is 1. The number of methoxy groups -OCH3 is 1. The maximum Gasteiger partial charge on any atom is 0.329 e. The first-order valence-electron chi connectivity index (χ1n) is 5.95. The minimum absolute atomic E-state index is 0.0835. The third kappa shape index (κ3) is 4.73. The van der Waals surface area contributed by atoms with Gasteiger partial charge in [0.1, 0.15) is 5.54 Å². The van der Waals surface area contributed by atoms with Gasteiger partial charge in [-0.25, -0.2) is 4.79 Å². The minimum Gasteiger partial charge on any atom is -0.480 e. The smallest absolute Gasteiger partial charge is 0.329 e. The second kappa shape index (κ2) is 7.27. The Labute approximate surface area is 103 Å². The molecule has 0 aromatic rings. The number of carboxylic acid groups (broad SMARTS) is 1. The van der Waals surface area contributed by atoms with Crippen molar-refractivity contribution < 1.29 is 19.4 Å². The van der Waals surface area contributed by atoms with Crippen LogP contribution in [0.4, 0.5) is 0 Å². The van der Waals surface area contributed by atoms with Crippen LogP contribution in [0, 0.1) is 5.92 Å². The van der Waals surface area contributed by atoms with Gasteiger partial charge in [0.25, 0.3) is 0 Å². The van der Waals surface area contributed by atoms with E-state index in [-0.39, 0.29) is 18.2 Å². The molecule has 0 rings (SSSR count). The lowest BCUT2D eigenvalue weighted by atomic mass is 9.92. The van der Waals surface area contributed by atoms with Gasteiger partial charge in [-0.1, -0.05) is 20.8 Å². The Morgan fingerprint density at radius 1 is 1.35 bits per heavy atom. The summed E-state index contributed by atoms with van der Waals surface area (Å²) in [5.74, 6) is -1.13.